The predicted molar refractivity (Wildman–Crippen MR) is 106 cm³/mol. The van der Waals surface area contributed by atoms with Gasteiger partial charge in [0, 0.05) is 5.56 Å². The molecule has 0 atom stereocenters. The van der Waals surface area contributed by atoms with Crippen molar-refractivity contribution in [1.29, 1.82) is 0 Å². The average Bonchev–Trinajstić information content (AvgIpc) is 3.16. The molecule has 1 aromatic heterocycles. The van der Waals surface area contributed by atoms with Gasteiger partial charge >= 0.3 is 0 Å². The molecule has 0 spiro atoms. The van der Waals surface area contributed by atoms with Crippen LogP contribution in [0.2, 0.25) is 0 Å². The van der Waals surface area contributed by atoms with Crippen LogP contribution >= 0.6 is 0 Å². The SMILES string of the molecule is Cc1cccc(-c2nc(C(=O)Nc3ccccc3F)nn2-c2ccccc2)c1. The van der Waals surface area contributed by atoms with Gasteiger partial charge in [-0.05, 0) is 37.3 Å². The van der Waals surface area contributed by atoms with Crippen LogP contribution in [0.4, 0.5) is 10.1 Å². The molecule has 0 bridgehead atoms. The second-order valence-electron chi connectivity index (χ2n) is 6.31. The maximum absolute atomic E-state index is 13.9. The zero-order valence-electron chi connectivity index (χ0n) is 15.1. The summed E-state index contributed by atoms with van der Waals surface area (Å²) in [5.41, 5.74) is 2.76. The molecule has 0 saturated heterocycles. The minimum absolute atomic E-state index is 0.0383. The first-order valence-electron chi connectivity index (χ1n) is 8.77. The molecule has 0 saturated carbocycles. The number of para-hydroxylation sites is 2. The van der Waals surface area contributed by atoms with Crippen molar-refractivity contribution in [1.82, 2.24) is 14.8 Å². The van der Waals surface area contributed by atoms with Crippen molar-refractivity contribution in [2.24, 2.45) is 0 Å². The van der Waals surface area contributed by atoms with Gasteiger partial charge in [0.05, 0.1) is 11.4 Å². The van der Waals surface area contributed by atoms with E-state index >= 15 is 0 Å². The molecule has 0 aliphatic rings. The van der Waals surface area contributed by atoms with Crippen molar-refractivity contribution < 1.29 is 9.18 Å². The molecule has 5 nitrogen and oxygen atoms in total. The van der Waals surface area contributed by atoms with Crippen LogP contribution in [0.3, 0.4) is 0 Å². The highest BCUT2D eigenvalue weighted by atomic mass is 19.1. The quantitative estimate of drug-likeness (QED) is 0.568. The van der Waals surface area contributed by atoms with Gasteiger partial charge in [-0.3, -0.25) is 4.79 Å². The Morgan fingerprint density at radius 3 is 2.46 bits per heavy atom. The van der Waals surface area contributed by atoms with E-state index in [1.807, 2.05) is 61.5 Å². The summed E-state index contributed by atoms with van der Waals surface area (Å²) in [5, 5.41) is 6.91. The maximum Gasteiger partial charge on any atom is 0.295 e. The number of carbonyl (C=O) groups excluding carboxylic acids is 1. The molecule has 28 heavy (non-hydrogen) atoms. The number of rotatable bonds is 4. The summed E-state index contributed by atoms with van der Waals surface area (Å²) in [6.45, 7) is 1.98. The largest absolute Gasteiger partial charge is 0.317 e. The highest BCUT2D eigenvalue weighted by Gasteiger charge is 2.19. The van der Waals surface area contributed by atoms with Gasteiger partial charge in [0.25, 0.3) is 5.91 Å². The van der Waals surface area contributed by atoms with Gasteiger partial charge in [-0.1, -0.05) is 54.1 Å². The molecular formula is C22H17FN4O. The highest BCUT2D eigenvalue weighted by molar-refractivity contribution is 6.01. The number of hydrogen-bond donors (Lipinski definition) is 1. The number of hydrogen-bond acceptors (Lipinski definition) is 3. The number of carbonyl (C=O) groups is 1. The Labute approximate surface area is 161 Å². The number of benzene rings is 3. The summed E-state index contributed by atoms with van der Waals surface area (Å²) in [5.74, 6) is -0.594. The molecule has 0 radical (unpaired) electrons. The standard InChI is InChI=1S/C22H17FN4O/c1-15-8-7-9-16(14-15)21-25-20(26-27(21)17-10-3-2-4-11-17)22(28)24-19-13-6-5-12-18(19)23/h2-14H,1H3,(H,24,28). The summed E-state index contributed by atoms with van der Waals surface area (Å²) >= 11 is 0. The molecule has 1 heterocycles. The van der Waals surface area contributed by atoms with Gasteiger partial charge in [0.1, 0.15) is 5.82 Å². The van der Waals surface area contributed by atoms with Gasteiger partial charge in [0.15, 0.2) is 5.82 Å². The van der Waals surface area contributed by atoms with E-state index in [2.05, 4.69) is 15.4 Å². The Hall–Kier alpha value is -3.80. The monoisotopic (exact) mass is 372 g/mol. The zero-order valence-corrected chi connectivity index (χ0v) is 15.1. The van der Waals surface area contributed by atoms with Crippen LogP contribution in [-0.4, -0.2) is 20.7 Å². The fourth-order valence-corrected chi connectivity index (χ4v) is 2.87. The van der Waals surface area contributed by atoms with Crippen molar-refractivity contribution in [2.45, 2.75) is 6.92 Å². The molecule has 1 amide bonds. The molecule has 0 aliphatic carbocycles. The van der Waals surface area contributed by atoms with Gasteiger partial charge in [-0.15, -0.1) is 5.10 Å². The lowest BCUT2D eigenvalue weighted by Gasteiger charge is -2.06. The zero-order chi connectivity index (χ0) is 19.5. The van der Waals surface area contributed by atoms with Crippen molar-refractivity contribution in [3.8, 4) is 17.1 Å². The third-order valence-corrected chi connectivity index (χ3v) is 4.21. The Balaban J connectivity index is 1.77. The van der Waals surface area contributed by atoms with E-state index in [0.29, 0.717) is 5.82 Å². The van der Waals surface area contributed by atoms with Crippen LogP contribution in [0.15, 0.2) is 78.9 Å². The summed E-state index contributed by atoms with van der Waals surface area (Å²) in [4.78, 5) is 17.1. The Bertz CT molecular complexity index is 1140. The van der Waals surface area contributed by atoms with Crippen molar-refractivity contribution in [3.63, 3.8) is 0 Å². The number of anilines is 1. The number of aromatic nitrogens is 3. The predicted octanol–water partition coefficient (Wildman–Crippen LogP) is 4.63. The lowest BCUT2D eigenvalue weighted by Crippen LogP contribution is -2.15. The fraction of sp³-hybridized carbons (Fsp3) is 0.0455. The van der Waals surface area contributed by atoms with Crippen LogP contribution < -0.4 is 5.32 Å². The minimum atomic E-state index is -0.575. The Kier molecular flexibility index (Phi) is 4.68. The Morgan fingerprint density at radius 1 is 0.964 bits per heavy atom. The van der Waals surface area contributed by atoms with Crippen LogP contribution in [0.5, 0.6) is 0 Å². The molecule has 4 rings (SSSR count). The van der Waals surface area contributed by atoms with E-state index in [9.17, 15) is 9.18 Å². The van der Waals surface area contributed by atoms with Crippen LogP contribution in [0.1, 0.15) is 16.2 Å². The van der Waals surface area contributed by atoms with Crippen LogP contribution in [0, 0.1) is 12.7 Å². The summed E-state index contributed by atoms with van der Waals surface area (Å²) in [7, 11) is 0. The van der Waals surface area contributed by atoms with Gasteiger partial charge in [0.2, 0.25) is 5.82 Å². The molecule has 138 valence electrons. The Morgan fingerprint density at radius 2 is 1.71 bits per heavy atom. The number of nitrogens with zero attached hydrogens (tertiary/aromatic N) is 3. The molecule has 4 aromatic rings. The van der Waals surface area contributed by atoms with E-state index in [1.54, 1.807) is 16.8 Å². The van der Waals surface area contributed by atoms with E-state index in [1.165, 1.54) is 12.1 Å². The van der Waals surface area contributed by atoms with Crippen molar-refractivity contribution in [3.05, 3.63) is 96.1 Å². The van der Waals surface area contributed by atoms with E-state index in [-0.39, 0.29) is 11.5 Å². The number of amides is 1. The summed E-state index contributed by atoms with van der Waals surface area (Å²) in [6.07, 6.45) is 0. The topological polar surface area (TPSA) is 59.8 Å². The molecule has 6 heteroatoms. The third-order valence-electron chi connectivity index (χ3n) is 4.21. The number of aryl methyl sites for hydroxylation is 1. The average molecular weight is 372 g/mol. The second-order valence-corrected chi connectivity index (χ2v) is 6.31. The van der Waals surface area contributed by atoms with Gasteiger partial charge in [-0.2, -0.15) is 0 Å². The van der Waals surface area contributed by atoms with E-state index in [0.717, 1.165) is 16.8 Å². The first kappa shape index (κ1) is 17.6. The summed E-state index contributed by atoms with van der Waals surface area (Å²) in [6, 6.07) is 23.2. The molecule has 3 aromatic carbocycles. The molecular weight excluding hydrogens is 355 g/mol. The van der Waals surface area contributed by atoms with Gasteiger partial charge in [-0.25, -0.2) is 14.1 Å². The molecule has 0 unspecified atom stereocenters. The number of nitrogens with one attached hydrogen (secondary N) is 1. The first-order chi connectivity index (χ1) is 13.6. The van der Waals surface area contributed by atoms with Crippen molar-refractivity contribution in [2.75, 3.05) is 5.32 Å². The maximum atomic E-state index is 13.9. The van der Waals surface area contributed by atoms with Gasteiger partial charge < -0.3 is 5.32 Å². The molecule has 0 fully saturated rings. The van der Waals surface area contributed by atoms with E-state index < -0.39 is 11.7 Å². The highest BCUT2D eigenvalue weighted by Crippen LogP contribution is 2.23. The smallest absolute Gasteiger partial charge is 0.295 e. The fourth-order valence-electron chi connectivity index (χ4n) is 2.87. The summed E-state index contributed by atoms with van der Waals surface area (Å²) < 4.78 is 15.5. The lowest BCUT2D eigenvalue weighted by atomic mass is 10.1. The first-order valence-corrected chi connectivity index (χ1v) is 8.77. The second kappa shape index (κ2) is 7.44. The van der Waals surface area contributed by atoms with Crippen LogP contribution in [0.25, 0.3) is 17.1 Å². The molecule has 0 aliphatic heterocycles. The van der Waals surface area contributed by atoms with Crippen LogP contribution in [-0.2, 0) is 0 Å². The normalized spacial score (nSPS) is 10.6. The molecule has 1 N–H and O–H groups in total. The number of halogens is 1. The lowest BCUT2D eigenvalue weighted by molar-refractivity contribution is 0.101. The third kappa shape index (κ3) is 3.53. The van der Waals surface area contributed by atoms with Crippen molar-refractivity contribution >= 4 is 11.6 Å². The van der Waals surface area contributed by atoms with E-state index in [4.69, 9.17) is 0 Å². The minimum Gasteiger partial charge on any atom is -0.317 e.